The van der Waals surface area contributed by atoms with E-state index in [0.717, 1.165) is 35.5 Å². The molecule has 0 bridgehead atoms. The summed E-state index contributed by atoms with van der Waals surface area (Å²) < 4.78 is 57.3. The Kier molecular flexibility index (Phi) is 10.3. The van der Waals surface area contributed by atoms with E-state index in [1.165, 1.54) is 18.0 Å². The number of anilines is 1. The van der Waals surface area contributed by atoms with Crippen molar-refractivity contribution in [1.82, 2.24) is 14.8 Å². The summed E-state index contributed by atoms with van der Waals surface area (Å²) in [6.07, 6.45) is -3.32. The Balaban J connectivity index is 1.56. The lowest BCUT2D eigenvalue weighted by Gasteiger charge is -2.35. The van der Waals surface area contributed by atoms with Gasteiger partial charge in [-0.05, 0) is 54.9 Å². The lowest BCUT2D eigenvalue weighted by Crippen LogP contribution is -2.37. The van der Waals surface area contributed by atoms with E-state index in [2.05, 4.69) is 23.0 Å². The predicted molar refractivity (Wildman–Crippen MR) is 153 cm³/mol. The lowest BCUT2D eigenvalue weighted by molar-refractivity contribution is -0.145. The summed E-state index contributed by atoms with van der Waals surface area (Å²) in [5.74, 6) is -0.960. The van der Waals surface area contributed by atoms with Crippen LogP contribution in [-0.4, -0.2) is 67.9 Å². The lowest BCUT2D eigenvalue weighted by atomic mass is 9.90. The van der Waals surface area contributed by atoms with Crippen molar-refractivity contribution in [3.8, 4) is 0 Å². The number of allylic oxidation sites excluding steroid dienone is 1. The second-order valence-electron chi connectivity index (χ2n) is 10.6. The van der Waals surface area contributed by atoms with Crippen molar-refractivity contribution in [2.45, 2.75) is 50.9 Å². The SMILES string of the molecule is C=C(c1ccc(N2CCC(CC(F)CN(C)C(=C)C(c3cccc(CC)c3)C(F)(F)F)CC2)nc1Cl)N(C)C. The molecule has 1 aliphatic heterocycles. The molecular weight excluding hydrogens is 528 g/mol. The molecule has 1 fully saturated rings. The van der Waals surface area contributed by atoms with Crippen LogP contribution in [-0.2, 0) is 6.42 Å². The molecule has 0 aliphatic carbocycles. The summed E-state index contributed by atoms with van der Waals surface area (Å²) in [6, 6.07) is 10.3. The van der Waals surface area contributed by atoms with Gasteiger partial charge in [-0.1, -0.05) is 55.9 Å². The summed E-state index contributed by atoms with van der Waals surface area (Å²) in [7, 11) is 5.27. The first-order valence-corrected chi connectivity index (χ1v) is 13.7. The largest absolute Gasteiger partial charge is 0.401 e. The molecule has 1 aliphatic rings. The zero-order chi connectivity index (χ0) is 28.9. The molecule has 4 nitrogen and oxygen atoms in total. The molecule has 2 heterocycles. The summed E-state index contributed by atoms with van der Waals surface area (Å²) in [4.78, 5) is 9.87. The minimum absolute atomic E-state index is 0.131. The van der Waals surface area contributed by atoms with Gasteiger partial charge in [0.2, 0.25) is 0 Å². The van der Waals surface area contributed by atoms with Crippen molar-refractivity contribution < 1.29 is 17.6 Å². The van der Waals surface area contributed by atoms with Gasteiger partial charge in [0.25, 0.3) is 0 Å². The van der Waals surface area contributed by atoms with Gasteiger partial charge < -0.3 is 14.7 Å². The zero-order valence-corrected chi connectivity index (χ0v) is 24.0. The molecule has 9 heteroatoms. The number of piperidine rings is 1. The molecule has 1 aromatic carbocycles. The summed E-state index contributed by atoms with van der Waals surface area (Å²) >= 11 is 6.41. The first-order chi connectivity index (χ1) is 18.3. The molecule has 2 atom stereocenters. The van der Waals surface area contributed by atoms with Crippen LogP contribution in [0.1, 0.15) is 48.8 Å². The van der Waals surface area contributed by atoms with Crippen molar-refractivity contribution in [3.63, 3.8) is 0 Å². The molecule has 3 rings (SSSR count). The van der Waals surface area contributed by atoms with Crippen LogP contribution in [0.3, 0.4) is 0 Å². The van der Waals surface area contributed by atoms with E-state index in [9.17, 15) is 13.2 Å². The Morgan fingerprint density at radius 2 is 1.79 bits per heavy atom. The molecule has 2 unspecified atom stereocenters. The van der Waals surface area contributed by atoms with Crippen molar-refractivity contribution in [2.24, 2.45) is 5.92 Å². The molecule has 0 saturated carbocycles. The van der Waals surface area contributed by atoms with Crippen molar-refractivity contribution in [1.29, 1.82) is 0 Å². The number of hydrogen-bond donors (Lipinski definition) is 0. The third-order valence-electron chi connectivity index (χ3n) is 7.53. The number of pyridine rings is 1. The van der Waals surface area contributed by atoms with Gasteiger partial charge in [-0.3, -0.25) is 0 Å². The van der Waals surface area contributed by atoms with Gasteiger partial charge in [0.15, 0.2) is 0 Å². The number of nitrogens with zero attached hydrogens (tertiary/aromatic N) is 4. The minimum atomic E-state index is -4.52. The minimum Gasteiger partial charge on any atom is -0.378 e. The third-order valence-corrected chi connectivity index (χ3v) is 7.82. The number of hydrogen-bond acceptors (Lipinski definition) is 4. The molecule has 0 radical (unpaired) electrons. The smallest absolute Gasteiger partial charge is 0.378 e. The van der Waals surface area contributed by atoms with Crippen LogP contribution in [0, 0.1) is 5.92 Å². The highest BCUT2D eigenvalue weighted by atomic mass is 35.5. The molecule has 1 aromatic heterocycles. The molecule has 39 heavy (non-hydrogen) atoms. The van der Waals surface area contributed by atoms with E-state index in [4.69, 9.17) is 11.6 Å². The maximum absolute atomic E-state index is 15.1. The number of benzene rings is 1. The van der Waals surface area contributed by atoms with Crippen molar-refractivity contribution in [3.05, 3.63) is 77.1 Å². The average molecular weight is 567 g/mol. The number of aromatic nitrogens is 1. The fourth-order valence-corrected chi connectivity index (χ4v) is 5.35. The third kappa shape index (κ3) is 7.90. The van der Waals surface area contributed by atoms with E-state index in [-0.39, 0.29) is 23.7 Å². The van der Waals surface area contributed by atoms with E-state index < -0.39 is 18.3 Å². The van der Waals surface area contributed by atoms with Crippen LogP contribution in [0.2, 0.25) is 5.15 Å². The van der Waals surface area contributed by atoms with E-state index >= 15 is 4.39 Å². The summed E-state index contributed by atoms with van der Waals surface area (Å²) in [5, 5.41) is 0.388. The van der Waals surface area contributed by atoms with Gasteiger partial charge in [0.1, 0.15) is 23.1 Å². The Bertz CT molecular complexity index is 1140. The molecule has 2 aromatic rings. The normalized spacial score (nSPS) is 16.1. The molecule has 1 saturated heterocycles. The Morgan fingerprint density at radius 3 is 2.36 bits per heavy atom. The fraction of sp³-hybridized carbons (Fsp3) is 0.500. The van der Waals surface area contributed by atoms with Gasteiger partial charge in [-0.15, -0.1) is 0 Å². The predicted octanol–water partition coefficient (Wildman–Crippen LogP) is 7.57. The number of aryl methyl sites for hydroxylation is 1. The first kappa shape index (κ1) is 30.8. The molecular formula is C30H39ClF4N4. The Labute approximate surface area is 235 Å². The molecule has 0 spiro atoms. The second kappa shape index (κ2) is 13.1. The average Bonchev–Trinajstić information content (AvgIpc) is 2.87. The van der Waals surface area contributed by atoms with E-state index in [1.54, 1.807) is 18.2 Å². The highest BCUT2D eigenvalue weighted by Gasteiger charge is 2.44. The van der Waals surface area contributed by atoms with Gasteiger partial charge in [0, 0.05) is 57.7 Å². The van der Waals surface area contributed by atoms with Gasteiger partial charge in [-0.2, -0.15) is 13.2 Å². The fourth-order valence-electron chi connectivity index (χ4n) is 5.09. The van der Waals surface area contributed by atoms with Gasteiger partial charge in [0.05, 0.1) is 0 Å². The maximum Gasteiger partial charge on any atom is 0.401 e. The van der Waals surface area contributed by atoms with Crippen LogP contribution >= 0.6 is 11.6 Å². The standard InChI is InChI=1S/C30H39ClF4N4/c1-7-22-9-8-10-24(17-22)28(30(33,34)35)21(3)38(6)19-25(32)18-23-13-15-39(16-14-23)27-12-11-26(29(31)36-27)20(2)37(4)5/h8-12,17,23,25,28H,2-3,7,13-16,18-19H2,1,4-6H3. The highest BCUT2D eigenvalue weighted by Crippen LogP contribution is 2.41. The number of rotatable bonds is 11. The van der Waals surface area contributed by atoms with Gasteiger partial charge >= 0.3 is 6.18 Å². The maximum atomic E-state index is 15.1. The van der Waals surface area contributed by atoms with E-state index in [0.29, 0.717) is 31.1 Å². The highest BCUT2D eigenvalue weighted by molar-refractivity contribution is 6.31. The Hall–Kier alpha value is -2.74. The monoisotopic (exact) mass is 566 g/mol. The van der Waals surface area contributed by atoms with Crippen LogP contribution in [0.4, 0.5) is 23.4 Å². The number of likely N-dealkylation sites (N-methyl/N-ethyl adjacent to an activating group) is 1. The van der Waals surface area contributed by atoms with Crippen LogP contribution in [0.25, 0.3) is 5.70 Å². The molecule has 214 valence electrons. The summed E-state index contributed by atoms with van der Waals surface area (Å²) in [6.45, 7) is 10.9. The van der Waals surface area contributed by atoms with E-state index in [1.807, 2.05) is 38.1 Å². The van der Waals surface area contributed by atoms with Crippen molar-refractivity contribution >= 4 is 23.1 Å². The first-order valence-electron chi connectivity index (χ1n) is 13.3. The number of alkyl halides is 4. The molecule has 0 amide bonds. The topological polar surface area (TPSA) is 22.6 Å². The van der Waals surface area contributed by atoms with Crippen LogP contribution in [0.5, 0.6) is 0 Å². The number of halogens is 5. The van der Waals surface area contributed by atoms with Crippen LogP contribution in [0.15, 0.2) is 55.3 Å². The van der Waals surface area contributed by atoms with Crippen molar-refractivity contribution in [2.75, 3.05) is 45.7 Å². The molecule has 0 N–H and O–H groups in total. The van der Waals surface area contributed by atoms with Crippen LogP contribution < -0.4 is 4.90 Å². The zero-order valence-electron chi connectivity index (χ0n) is 23.2. The Morgan fingerprint density at radius 1 is 1.13 bits per heavy atom. The summed E-state index contributed by atoms with van der Waals surface area (Å²) in [5.41, 5.74) is 2.36. The second-order valence-corrected chi connectivity index (χ2v) is 10.9. The van der Waals surface area contributed by atoms with Gasteiger partial charge in [-0.25, -0.2) is 9.37 Å². The quantitative estimate of drug-likeness (QED) is 0.207.